The molecule has 0 saturated carbocycles. The van der Waals surface area contributed by atoms with Crippen molar-refractivity contribution in [1.82, 2.24) is 14.8 Å². The molecular weight excluding hydrogens is 427 g/mol. The van der Waals surface area contributed by atoms with Gasteiger partial charge in [0.05, 0.1) is 12.6 Å². The van der Waals surface area contributed by atoms with Gasteiger partial charge >= 0.3 is 0 Å². The number of pyridine rings is 1. The summed E-state index contributed by atoms with van der Waals surface area (Å²) in [5.41, 5.74) is -3.48. The van der Waals surface area contributed by atoms with Crippen LogP contribution in [0.25, 0.3) is 0 Å². The molecule has 32 heavy (non-hydrogen) atoms. The molecule has 3 heterocycles. The van der Waals surface area contributed by atoms with Crippen LogP contribution in [-0.4, -0.2) is 45.1 Å². The summed E-state index contributed by atoms with van der Waals surface area (Å²) in [5, 5.41) is 12.7. The number of hydrogen-bond acceptors (Lipinski definition) is 4. The first kappa shape index (κ1) is 21.9. The third-order valence-electron chi connectivity index (χ3n) is 6.00. The molecule has 0 spiro atoms. The number of fused-ring (bicyclic) bond motifs is 4. The quantitative estimate of drug-likeness (QED) is 0.754. The van der Waals surface area contributed by atoms with Crippen molar-refractivity contribution < 1.29 is 27.9 Å². The Morgan fingerprint density at radius 3 is 2.59 bits per heavy atom. The van der Waals surface area contributed by atoms with E-state index >= 15 is 0 Å². The number of nitrogens with one attached hydrogen (secondary N) is 1. The Labute approximate surface area is 181 Å². The summed E-state index contributed by atoms with van der Waals surface area (Å²) >= 11 is 0. The predicted octanol–water partition coefficient (Wildman–Crippen LogP) is 2.59. The minimum atomic E-state index is -1.62. The zero-order chi connectivity index (χ0) is 23.4. The van der Waals surface area contributed by atoms with E-state index in [4.69, 9.17) is 0 Å². The van der Waals surface area contributed by atoms with E-state index in [1.807, 2.05) is 0 Å². The smallest absolute Gasteiger partial charge is 0.274 e. The lowest BCUT2D eigenvalue weighted by Crippen LogP contribution is -2.47. The Morgan fingerprint density at radius 1 is 1.28 bits per heavy atom. The van der Waals surface area contributed by atoms with Crippen LogP contribution >= 0.6 is 0 Å². The molecule has 1 saturated heterocycles. The van der Waals surface area contributed by atoms with Gasteiger partial charge in [-0.1, -0.05) is 0 Å². The van der Waals surface area contributed by atoms with Crippen LogP contribution in [-0.2, 0) is 6.54 Å². The van der Waals surface area contributed by atoms with Crippen LogP contribution in [0.15, 0.2) is 23.1 Å². The lowest BCUT2D eigenvalue weighted by Gasteiger charge is -2.35. The van der Waals surface area contributed by atoms with Crippen molar-refractivity contribution in [2.75, 3.05) is 13.1 Å². The van der Waals surface area contributed by atoms with Crippen LogP contribution in [0.3, 0.4) is 0 Å². The second kappa shape index (κ2) is 7.68. The molecule has 2 N–H and O–H groups in total. The molecule has 2 aromatic rings. The number of benzene rings is 1. The highest BCUT2D eigenvalue weighted by Crippen LogP contribution is 2.36. The van der Waals surface area contributed by atoms with Crippen molar-refractivity contribution in [1.29, 1.82) is 0 Å². The maximum absolute atomic E-state index is 14.7. The van der Waals surface area contributed by atoms with Gasteiger partial charge in [-0.05, 0) is 44.4 Å². The van der Waals surface area contributed by atoms with Gasteiger partial charge in [0.1, 0.15) is 22.9 Å². The van der Waals surface area contributed by atoms with E-state index in [0.717, 1.165) is 18.3 Å². The Morgan fingerprint density at radius 2 is 1.94 bits per heavy atom. The molecule has 2 aliphatic rings. The molecule has 0 radical (unpaired) electrons. The van der Waals surface area contributed by atoms with Crippen molar-refractivity contribution in [3.05, 3.63) is 62.6 Å². The highest BCUT2D eigenvalue weighted by molar-refractivity contribution is 5.99. The summed E-state index contributed by atoms with van der Waals surface area (Å²) in [6.07, 6.45) is 1.63. The second-order valence-electron chi connectivity index (χ2n) is 8.66. The number of halogens is 3. The summed E-state index contributed by atoms with van der Waals surface area (Å²) in [4.78, 5) is 39.3. The summed E-state index contributed by atoms with van der Waals surface area (Å²) in [6, 6.07) is 1.80. The fourth-order valence-corrected chi connectivity index (χ4v) is 4.33. The minimum Gasteiger partial charge on any atom is -0.503 e. The molecule has 1 aromatic heterocycles. The van der Waals surface area contributed by atoms with Crippen molar-refractivity contribution in [3.63, 3.8) is 0 Å². The van der Waals surface area contributed by atoms with Crippen molar-refractivity contribution in [3.8, 4) is 5.75 Å². The molecule has 2 bridgehead atoms. The molecule has 2 aliphatic heterocycles. The molecule has 0 aliphatic carbocycles. The zero-order valence-corrected chi connectivity index (χ0v) is 17.5. The predicted molar refractivity (Wildman–Crippen MR) is 108 cm³/mol. The molecule has 1 aromatic carbocycles. The number of aromatic hydroxyl groups is 1. The molecule has 10 heteroatoms. The lowest BCUT2D eigenvalue weighted by molar-refractivity contribution is 0.0570. The number of hydrogen-bond donors (Lipinski definition) is 2. The Balaban J connectivity index is 1.67. The Hall–Kier alpha value is -3.30. The van der Waals surface area contributed by atoms with Gasteiger partial charge < -0.3 is 19.9 Å². The van der Waals surface area contributed by atoms with Gasteiger partial charge in [0.15, 0.2) is 11.4 Å². The van der Waals surface area contributed by atoms with E-state index in [9.17, 15) is 32.7 Å². The van der Waals surface area contributed by atoms with Crippen LogP contribution < -0.4 is 10.7 Å². The van der Waals surface area contributed by atoms with Gasteiger partial charge in [-0.2, -0.15) is 0 Å². The van der Waals surface area contributed by atoms with E-state index in [1.165, 1.54) is 23.3 Å². The number of aromatic nitrogens is 1. The van der Waals surface area contributed by atoms with E-state index in [-0.39, 0.29) is 30.8 Å². The average Bonchev–Trinajstić information content (AvgIpc) is 2.84. The summed E-state index contributed by atoms with van der Waals surface area (Å²) in [7, 11) is 0. The highest BCUT2D eigenvalue weighted by atomic mass is 19.1. The van der Waals surface area contributed by atoms with Crippen LogP contribution in [0.5, 0.6) is 5.75 Å². The maximum Gasteiger partial charge on any atom is 0.274 e. The van der Waals surface area contributed by atoms with Crippen LogP contribution in [0, 0.1) is 18.6 Å². The standard InChI is InChI=1S/C22H22F3N3O4/c1-11-5-15(23)13(16(24)6-11)7-26-20(31)14-9-28-12-3-4-22(2,25)10-27(8-12)21(32)17(28)19(30)18(14)29/h5-6,9,12,30H,3-4,7-8,10H2,1-2H3,(H,26,31)/t12-,22-/m0/s1. The second-order valence-corrected chi connectivity index (χ2v) is 8.66. The van der Waals surface area contributed by atoms with E-state index in [0.29, 0.717) is 12.0 Å². The number of rotatable bonds is 3. The topological polar surface area (TPSA) is 91.6 Å². The number of nitrogens with zero attached hydrogens (tertiary/aromatic N) is 2. The number of aryl methyl sites for hydroxylation is 1. The molecule has 1 fully saturated rings. The SMILES string of the molecule is Cc1cc(F)c(CNC(=O)c2cn3c(c(O)c2=O)C(=O)N2C[C@@H]3CC[C@](C)(F)C2)c(F)c1. The third-order valence-corrected chi connectivity index (χ3v) is 6.00. The normalized spacial score (nSPS) is 22.3. The summed E-state index contributed by atoms with van der Waals surface area (Å²) in [6.45, 7) is 2.40. The lowest BCUT2D eigenvalue weighted by atomic mass is 10.0. The Kier molecular flexibility index (Phi) is 5.26. The van der Waals surface area contributed by atoms with Crippen molar-refractivity contribution in [2.45, 2.75) is 44.9 Å². The van der Waals surface area contributed by atoms with E-state index in [1.54, 1.807) is 0 Å². The first-order chi connectivity index (χ1) is 15.0. The fourth-order valence-electron chi connectivity index (χ4n) is 4.33. The maximum atomic E-state index is 14.7. The number of carbonyl (C=O) groups excluding carboxylic acids is 2. The van der Waals surface area contributed by atoms with Gasteiger partial charge in [-0.3, -0.25) is 14.4 Å². The van der Waals surface area contributed by atoms with Gasteiger partial charge in [0, 0.05) is 24.8 Å². The molecule has 4 rings (SSSR count). The van der Waals surface area contributed by atoms with E-state index in [2.05, 4.69) is 5.32 Å². The molecular formula is C22H22F3N3O4. The van der Waals surface area contributed by atoms with Crippen LogP contribution in [0.2, 0.25) is 0 Å². The molecule has 170 valence electrons. The largest absolute Gasteiger partial charge is 0.503 e. The molecule has 2 amide bonds. The van der Waals surface area contributed by atoms with Gasteiger partial charge in [0.2, 0.25) is 5.43 Å². The van der Waals surface area contributed by atoms with Crippen LogP contribution in [0.1, 0.15) is 57.8 Å². The molecule has 7 nitrogen and oxygen atoms in total. The summed E-state index contributed by atoms with van der Waals surface area (Å²) < 4.78 is 44.1. The zero-order valence-electron chi connectivity index (χ0n) is 17.5. The van der Waals surface area contributed by atoms with E-state index < -0.39 is 58.4 Å². The monoisotopic (exact) mass is 449 g/mol. The van der Waals surface area contributed by atoms with Crippen molar-refractivity contribution in [2.24, 2.45) is 0 Å². The van der Waals surface area contributed by atoms with Crippen molar-refractivity contribution >= 4 is 11.8 Å². The minimum absolute atomic E-state index is 0.154. The number of amides is 2. The number of alkyl halides is 1. The first-order valence-corrected chi connectivity index (χ1v) is 10.2. The summed E-state index contributed by atoms with van der Waals surface area (Å²) in [5.74, 6) is -4.25. The third kappa shape index (κ3) is 3.74. The fraction of sp³-hybridized carbons (Fsp3) is 0.409. The first-order valence-electron chi connectivity index (χ1n) is 10.2. The number of carbonyl (C=O) groups is 2. The molecule has 0 unspecified atom stereocenters. The van der Waals surface area contributed by atoms with Gasteiger partial charge in [0.25, 0.3) is 11.8 Å². The van der Waals surface area contributed by atoms with Gasteiger partial charge in [-0.15, -0.1) is 0 Å². The van der Waals surface area contributed by atoms with Crippen LogP contribution in [0.4, 0.5) is 13.2 Å². The average molecular weight is 449 g/mol. The Bertz CT molecular complexity index is 1170. The highest BCUT2D eigenvalue weighted by Gasteiger charge is 2.42. The molecule has 2 atom stereocenters. The van der Waals surface area contributed by atoms with Gasteiger partial charge in [-0.25, -0.2) is 13.2 Å².